The van der Waals surface area contributed by atoms with E-state index < -0.39 is 5.41 Å². The van der Waals surface area contributed by atoms with Crippen molar-refractivity contribution in [3.63, 3.8) is 0 Å². The van der Waals surface area contributed by atoms with E-state index in [1.165, 1.54) is 0 Å². The maximum absolute atomic E-state index is 12.7. The molecule has 5 heteroatoms. The van der Waals surface area contributed by atoms with Crippen LogP contribution in [-0.2, 0) is 10.2 Å². The highest BCUT2D eigenvalue weighted by atomic mass is 79.9. The summed E-state index contributed by atoms with van der Waals surface area (Å²) in [7, 11) is 0. The Morgan fingerprint density at radius 3 is 2.14 bits per heavy atom. The molecule has 1 aliphatic rings. The average Bonchev–Trinajstić information content (AvgIpc) is 3.25. The van der Waals surface area contributed by atoms with E-state index in [9.17, 15) is 4.79 Å². The Bertz CT molecular complexity index is 674. The zero-order valence-corrected chi connectivity index (χ0v) is 14.4. The maximum atomic E-state index is 12.7. The first-order valence-corrected chi connectivity index (χ1v) is 8.23. The lowest BCUT2D eigenvalue weighted by molar-refractivity contribution is -0.118. The van der Waals surface area contributed by atoms with Gasteiger partial charge in [-0.3, -0.25) is 4.79 Å². The molecule has 108 valence electrons. The normalized spacial score (nSPS) is 15.5. The number of rotatable bonds is 3. The van der Waals surface area contributed by atoms with E-state index in [4.69, 9.17) is 5.73 Å². The first kappa shape index (κ1) is 14.6. The van der Waals surface area contributed by atoms with Crippen LogP contribution in [0.2, 0.25) is 0 Å². The molecule has 0 aromatic heterocycles. The second-order valence-corrected chi connectivity index (χ2v) is 6.96. The summed E-state index contributed by atoms with van der Waals surface area (Å²) in [5, 5.41) is 3.03. The summed E-state index contributed by atoms with van der Waals surface area (Å²) < 4.78 is 1.72. The molecule has 0 aliphatic heterocycles. The van der Waals surface area contributed by atoms with Crippen molar-refractivity contribution in [3.05, 3.63) is 57.0 Å². The first-order chi connectivity index (χ1) is 10.0. The van der Waals surface area contributed by atoms with Gasteiger partial charge in [-0.1, -0.05) is 18.2 Å². The largest absolute Gasteiger partial charge is 0.399 e. The molecule has 1 fully saturated rings. The Hall–Kier alpha value is -1.33. The van der Waals surface area contributed by atoms with Crippen LogP contribution >= 0.6 is 31.9 Å². The van der Waals surface area contributed by atoms with Crippen LogP contribution in [0.5, 0.6) is 0 Å². The smallest absolute Gasteiger partial charge is 0.235 e. The molecule has 0 atom stereocenters. The summed E-state index contributed by atoms with van der Waals surface area (Å²) in [5.74, 6) is 0.0277. The quantitative estimate of drug-likeness (QED) is 0.735. The van der Waals surface area contributed by atoms with Crippen molar-refractivity contribution in [3.8, 4) is 0 Å². The van der Waals surface area contributed by atoms with E-state index in [-0.39, 0.29) is 5.91 Å². The highest BCUT2D eigenvalue weighted by molar-refractivity contribution is 9.11. The van der Waals surface area contributed by atoms with Gasteiger partial charge in [0.25, 0.3) is 0 Å². The van der Waals surface area contributed by atoms with Gasteiger partial charge in [0, 0.05) is 14.6 Å². The van der Waals surface area contributed by atoms with E-state index in [2.05, 4.69) is 37.2 Å². The van der Waals surface area contributed by atoms with Crippen molar-refractivity contribution in [2.45, 2.75) is 18.3 Å². The van der Waals surface area contributed by atoms with Crippen molar-refractivity contribution >= 4 is 49.1 Å². The predicted molar refractivity (Wildman–Crippen MR) is 92.2 cm³/mol. The molecular weight excluding hydrogens is 396 g/mol. The summed E-state index contributed by atoms with van der Waals surface area (Å²) in [6.45, 7) is 0. The molecule has 3 rings (SSSR count). The van der Waals surface area contributed by atoms with Gasteiger partial charge in [-0.05, 0) is 74.5 Å². The van der Waals surface area contributed by atoms with E-state index in [0.717, 1.165) is 33.0 Å². The molecule has 2 aromatic rings. The van der Waals surface area contributed by atoms with Crippen LogP contribution in [0.25, 0.3) is 0 Å². The van der Waals surface area contributed by atoms with Gasteiger partial charge in [-0.2, -0.15) is 0 Å². The predicted octanol–water partition coefficient (Wildman–Crippen LogP) is 4.46. The van der Waals surface area contributed by atoms with Gasteiger partial charge < -0.3 is 11.1 Å². The standard InChI is InChI=1S/C16H14Br2N2O/c17-12-2-1-3-13(18)14(12)20-15(21)16(8-9-16)10-4-6-11(19)7-5-10/h1-7H,8-9,19H2,(H,20,21). The second kappa shape index (κ2) is 5.46. The van der Waals surface area contributed by atoms with Crippen LogP contribution in [0.1, 0.15) is 18.4 Å². The number of carbonyl (C=O) groups is 1. The molecule has 3 nitrogen and oxygen atoms in total. The monoisotopic (exact) mass is 408 g/mol. The molecule has 1 amide bonds. The van der Waals surface area contributed by atoms with Crippen LogP contribution in [-0.4, -0.2) is 5.91 Å². The van der Waals surface area contributed by atoms with Crippen molar-refractivity contribution in [2.75, 3.05) is 11.1 Å². The minimum absolute atomic E-state index is 0.0277. The molecule has 0 heterocycles. The number of carbonyl (C=O) groups excluding carboxylic acids is 1. The van der Waals surface area contributed by atoms with Gasteiger partial charge in [-0.15, -0.1) is 0 Å². The van der Waals surface area contributed by atoms with E-state index in [1.54, 1.807) is 0 Å². The fourth-order valence-electron chi connectivity index (χ4n) is 2.42. The third-order valence-corrected chi connectivity index (χ3v) is 5.17. The number of nitrogens with one attached hydrogen (secondary N) is 1. The minimum atomic E-state index is -0.414. The molecule has 3 N–H and O–H groups in total. The summed E-state index contributed by atoms with van der Waals surface area (Å²) in [5.41, 5.74) is 7.81. The number of nitrogen functional groups attached to an aromatic ring is 1. The summed E-state index contributed by atoms with van der Waals surface area (Å²) in [6.07, 6.45) is 1.73. The van der Waals surface area contributed by atoms with E-state index in [1.807, 2.05) is 42.5 Å². The molecule has 1 saturated carbocycles. The van der Waals surface area contributed by atoms with Crippen molar-refractivity contribution in [1.29, 1.82) is 0 Å². The van der Waals surface area contributed by atoms with Gasteiger partial charge in [0.2, 0.25) is 5.91 Å². The maximum Gasteiger partial charge on any atom is 0.235 e. The number of hydrogen-bond acceptors (Lipinski definition) is 2. The molecule has 1 aliphatic carbocycles. The molecule has 0 saturated heterocycles. The Labute approximate surface area is 140 Å². The van der Waals surface area contributed by atoms with Crippen molar-refractivity contribution in [1.82, 2.24) is 0 Å². The van der Waals surface area contributed by atoms with Crippen LogP contribution < -0.4 is 11.1 Å². The minimum Gasteiger partial charge on any atom is -0.399 e. The lowest BCUT2D eigenvalue weighted by atomic mass is 9.94. The number of para-hydroxylation sites is 1. The van der Waals surface area contributed by atoms with E-state index in [0.29, 0.717) is 5.69 Å². The highest BCUT2D eigenvalue weighted by Crippen LogP contribution is 2.49. The number of hydrogen-bond donors (Lipinski definition) is 2. The Balaban J connectivity index is 1.87. The number of halogens is 2. The van der Waals surface area contributed by atoms with Crippen molar-refractivity contribution in [2.24, 2.45) is 0 Å². The number of benzene rings is 2. The zero-order valence-electron chi connectivity index (χ0n) is 11.2. The third kappa shape index (κ3) is 2.72. The average molecular weight is 410 g/mol. The van der Waals surface area contributed by atoms with Gasteiger partial charge in [0.05, 0.1) is 11.1 Å². The van der Waals surface area contributed by atoms with Crippen LogP contribution in [0.3, 0.4) is 0 Å². The van der Waals surface area contributed by atoms with E-state index >= 15 is 0 Å². The highest BCUT2D eigenvalue weighted by Gasteiger charge is 2.51. The van der Waals surface area contributed by atoms with Crippen LogP contribution in [0, 0.1) is 0 Å². The fourth-order valence-corrected chi connectivity index (χ4v) is 3.62. The lowest BCUT2D eigenvalue weighted by Crippen LogP contribution is -2.28. The molecule has 0 bridgehead atoms. The van der Waals surface area contributed by atoms with Crippen LogP contribution in [0.4, 0.5) is 11.4 Å². The SMILES string of the molecule is Nc1ccc(C2(C(=O)Nc3c(Br)cccc3Br)CC2)cc1. The second-order valence-electron chi connectivity index (χ2n) is 5.25. The Morgan fingerprint density at radius 2 is 1.62 bits per heavy atom. The summed E-state index contributed by atoms with van der Waals surface area (Å²) >= 11 is 6.93. The number of nitrogens with two attached hydrogens (primary N) is 1. The van der Waals surface area contributed by atoms with Crippen LogP contribution in [0.15, 0.2) is 51.4 Å². The third-order valence-electron chi connectivity index (χ3n) is 3.85. The molecule has 0 radical (unpaired) electrons. The summed E-state index contributed by atoms with van der Waals surface area (Å²) in [4.78, 5) is 12.7. The fraction of sp³-hybridized carbons (Fsp3) is 0.188. The molecule has 2 aromatic carbocycles. The molecule has 21 heavy (non-hydrogen) atoms. The topological polar surface area (TPSA) is 55.1 Å². The number of amides is 1. The molecule has 0 unspecified atom stereocenters. The Morgan fingerprint density at radius 1 is 1.05 bits per heavy atom. The zero-order chi connectivity index (χ0) is 15.0. The molecule has 0 spiro atoms. The lowest BCUT2D eigenvalue weighted by Gasteiger charge is -2.17. The first-order valence-electron chi connectivity index (χ1n) is 6.64. The van der Waals surface area contributed by atoms with Gasteiger partial charge in [0.15, 0.2) is 0 Å². The van der Waals surface area contributed by atoms with Gasteiger partial charge in [-0.25, -0.2) is 0 Å². The van der Waals surface area contributed by atoms with Gasteiger partial charge in [0.1, 0.15) is 0 Å². The Kier molecular flexibility index (Phi) is 3.80. The van der Waals surface area contributed by atoms with Gasteiger partial charge >= 0.3 is 0 Å². The van der Waals surface area contributed by atoms with Crippen molar-refractivity contribution < 1.29 is 4.79 Å². The molecular formula is C16H14Br2N2O. The number of anilines is 2. The summed E-state index contributed by atoms with van der Waals surface area (Å²) in [6, 6.07) is 13.3.